The van der Waals surface area contributed by atoms with Crippen LogP contribution < -0.4 is 5.73 Å². The molecule has 2 rings (SSSR count). The molecule has 4 N–H and O–H groups in total. The molecule has 0 unspecified atom stereocenters. The van der Waals surface area contributed by atoms with Gasteiger partial charge >= 0.3 is 12.1 Å². The number of aromatic nitrogens is 3. The summed E-state index contributed by atoms with van der Waals surface area (Å²) in [5.74, 6) is -0.247. The number of halogens is 3. The van der Waals surface area contributed by atoms with Gasteiger partial charge in [0, 0.05) is 12.0 Å². The van der Waals surface area contributed by atoms with E-state index in [0.29, 0.717) is 12.0 Å². The molecule has 0 radical (unpaired) electrons. The van der Waals surface area contributed by atoms with Crippen molar-refractivity contribution in [2.45, 2.75) is 50.7 Å². The van der Waals surface area contributed by atoms with Crippen LogP contribution in [0.15, 0.2) is 0 Å². The number of aromatic amines is 1. The fourth-order valence-electron chi connectivity index (χ4n) is 1.94. The van der Waals surface area contributed by atoms with E-state index in [9.17, 15) is 13.2 Å². The van der Waals surface area contributed by atoms with Gasteiger partial charge < -0.3 is 15.8 Å². The molecular weight excluding hydrogens is 277 g/mol. The van der Waals surface area contributed by atoms with E-state index in [2.05, 4.69) is 15.2 Å². The second-order valence-electron chi connectivity index (χ2n) is 4.71. The van der Waals surface area contributed by atoms with E-state index in [1.807, 2.05) is 6.92 Å². The molecule has 1 fully saturated rings. The largest absolute Gasteiger partial charge is 0.490 e. The number of carboxylic acid groups (broad SMARTS) is 1. The summed E-state index contributed by atoms with van der Waals surface area (Å²) in [7, 11) is 0. The lowest BCUT2D eigenvalue weighted by Gasteiger charge is -2.23. The van der Waals surface area contributed by atoms with Gasteiger partial charge in [0.05, 0.1) is 0 Å². The molecule has 0 atom stereocenters. The molecule has 1 saturated carbocycles. The van der Waals surface area contributed by atoms with Crippen molar-refractivity contribution < 1.29 is 23.1 Å². The number of aryl methyl sites for hydroxylation is 1. The first-order valence-corrected chi connectivity index (χ1v) is 6.15. The number of hydrogen-bond acceptors (Lipinski definition) is 4. The van der Waals surface area contributed by atoms with E-state index in [0.717, 1.165) is 37.3 Å². The van der Waals surface area contributed by atoms with Gasteiger partial charge in [0.1, 0.15) is 11.6 Å². The van der Waals surface area contributed by atoms with Gasteiger partial charge in [-0.25, -0.2) is 4.79 Å². The Bertz CT molecular complexity index is 439. The Morgan fingerprint density at radius 3 is 2.15 bits per heavy atom. The van der Waals surface area contributed by atoms with Crippen LogP contribution in [-0.4, -0.2) is 38.5 Å². The third-order valence-corrected chi connectivity index (χ3v) is 3.02. The number of carbonyl (C=O) groups is 1. The molecule has 0 saturated heterocycles. The average Bonchev–Trinajstić information content (AvgIpc) is 2.76. The highest BCUT2D eigenvalue weighted by atomic mass is 19.4. The molecule has 6 nitrogen and oxygen atoms in total. The fourth-order valence-corrected chi connectivity index (χ4v) is 1.94. The van der Waals surface area contributed by atoms with E-state index in [1.54, 1.807) is 0 Å². The Hall–Kier alpha value is -1.64. The van der Waals surface area contributed by atoms with E-state index in [4.69, 9.17) is 15.6 Å². The molecular formula is C11H17F3N4O2. The lowest BCUT2D eigenvalue weighted by Crippen LogP contribution is -2.26. The average molecular weight is 294 g/mol. The van der Waals surface area contributed by atoms with Crippen LogP contribution in [0.4, 0.5) is 13.2 Å². The topological polar surface area (TPSA) is 105 Å². The highest BCUT2D eigenvalue weighted by molar-refractivity contribution is 5.73. The van der Waals surface area contributed by atoms with Crippen LogP contribution in [0.2, 0.25) is 0 Å². The molecule has 0 aliphatic heterocycles. The number of nitrogens with zero attached hydrogens (tertiary/aromatic N) is 2. The maximum atomic E-state index is 10.6. The molecule has 0 amide bonds. The Labute approximate surface area is 113 Å². The first kappa shape index (κ1) is 16.4. The van der Waals surface area contributed by atoms with Gasteiger partial charge in [-0.2, -0.15) is 13.2 Å². The molecule has 9 heteroatoms. The van der Waals surface area contributed by atoms with E-state index in [1.165, 1.54) is 0 Å². The maximum Gasteiger partial charge on any atom is 0.490 e. The zero-order valence-electron chi connectivity index (χ0n) is 10.9. The predicted octanol–water partition coefficient (Wildman–Crippen LogP) is 1.73. The molecule has 0 aromatic carbocycles. The molecule has 1 aliphatic carbocycles. The smallest absolute Gasteiger partial charge is 0.475 e. The van der Waals surface area contributed by atoms with Gasteiger partial charge in [-0.05, 0) is 32.6 Å². The second kappa shape index (κ2) is 6.69. The predicted molar refractivity (Wildman–Crippen MR) is 64.0 cm³/mol. The standard InChI is InChI=1S/C9H16N4.C2HF3O2/c1-6-11-9(13-12-6)7-2-4-8(10)5-3-7;3-2(4,5)1(6)7/h7-8H,2-5,10H2,1H3,(H,11,12,13);(H,6,7)/t7-,8-;. The summed E-state index contributed by atoms with van der Waals surface area (Å²) in [6.07, 6.45) is -0.555. The molecule has 1 heterocycles. The van der Waals surface area contributed by atoms with Crippen LogP contribution in [-0.2, 0) is 4.79 Å². The van der Waals surface area contributed by atoms with Gasteiger partial charge in [-0.1, -0.05) is 0 Å². The zero-order valence-corrected chi connectivity index (χ0v) is 10.9. The third kappa shape index (κ3) is 5.16. The number of nitrogens with two attached hydrogens (primary N) is 1. The van der Waals surface area contributed by atoms with Crippen molar-refractivity contribution in [3.8, 4) is 0 Å². The van der Waals surface area contributed by atoms with Crippen LogP contribution in [0.25, 0.3) is 0 Å². The van der Waals surface area contributed by atoms with Crippen LogP contribution in [0.5, 0.6) is 0 Å². The van der Waals surface area contributed by atoms with Crippen molar-refractivity contribution >= 4 is 5.97 Å². The Morgan fingerprint density at radius 1 is 1.30 bits per heavy atom. The number of H-pyrrole nitrogens is 1. The molecule has 114 valence electrons. The van der Waals surface area contributed by atoms with Gasteiger partial charge in [-0.3, -0.25) is 0 Å². The van der Waals surface area contributed by atoms with Crippen LogP contribution >= 0.6 is 0 Å². The number of hydrogen-bond donors (Lipinski definition) is 3. The van der Waals surface area contributed by atoms with Crippen molar-refractivity contribution in [1.82, 2.24) is 15.2 Å². The van der Waals surface area contributed by atoms with Crippen molar-refractivity contribution in [2.24, 2.45) is 5.73 Å². The minimum atomic E-state index is -5.08. The zero-order chi connectivity index (χ0) is 15.3. The third-order valence-electron chi connectivity index (χ3n) is 3.02. The molecule has 1 aromatic heterocycles. The van der Waals surface area contributed by atoms with Gasteiger partial charge in [-0.15, -0.1) is 10.2 Å². The maximum absolute atomic E-state index is 10.6. The number of rotatable bonds is 1. The van der Waals surface area contributed by atoms with Gasteiger partial charge in [0.2, 0.25) is 0 Å². The Morgan fingerprint density at radius 2 is 1.80 bits per heavy atom. The molecule has 1 aliphatic rings. The van der Waals surface area contributed by atoms with Crippen molar-refractivity contribution in [3.63, 3.8) is 0 Å². The monoisotopic (exact) mass is 294 g/mol. The van der Waals surface area contributed by atoms with Crippen molar-refractivity contribution in [3.05, 3.63) is 11.6 Å². The van der Waals surface area contributed by atoms with E-state index >= 15 is 0 Å². The van der Waals surface area contributed by atoms with Crippen LogP contribution in [0.3, 0.4) is 0 Å². The summed E-state index contributed by atoms with van der Waals surface area (Å²) >= 11 is 0. The minimum Gasteiger partial charge on any atom is -0.475 e. The number of carboxylic acids is 1. The molecule has 0 spiro atoms. The van der Waals surface area contributed by atoms with E-state index < -0.39 is 12.1 Å². The number of aliphatic carboxylic acids is 1. The quantitative estimate of drug-likeness (QED) is 0.731. The summed E-state index contributed by atoms with van der Waals surface area (Å²) in [6.45, 7) is 1.94. The van der Waals surface area contributed by atoms with Crippen LogP contribution in [0, 0.1) is 6.92 Å². The summed E-state index contributed by atoms with van der Waals surface area (Å²) < 4.78 is 31.7. The lowest BCUT2D eigenvalue weighted by molar-refractivity contribution is -0.192. The SMILES string of the molecule is Cc1nnc([C@H]2CC[C@H](N)CC2)[nH]1.O=C(O)C(F)(F)F. The highest BCUT2D eigenvalue weighted by Crippen LogP contribution is 2.29. The molecule has 20 heavy (non-hydrogen) atoms. The highest BCUT2D eigenvalue weighted by Gasteiger charge is 2.38. The van der Waals surface area contributed by atoms with Crippen molar-refractivity contribution in [1.29, 1.82) is 0 Å². The minimum absolute atomic E-state index is 0.403. The Balaban J connectivity index is 0.000000246. The fraction of sp³-hybridized carbons (Fsp3) is 0.727. The van der Waals surface area contributed by atoms with E-state index in [-0.39, 0.29) is 0 Å². The summed E-state index contributed by atoms with van der Waals surface area (Å²) in [5, 5.41) is 15.2. The molecule has 1 aromatic rings. The summed E-state index contributed by atoms with van der Waals surface area (Å²) in [6, 6.07) is 0.403. The second-order valence-corrected chi connectivity index (χ2v) is 4.71. The van der Waals surface area contributed by atoms with Crippen molar-refractivity contribution in [2.75, 3.05) is 0 Å². The summed E-state index contributed by atoms with van der Waals surface area (Å²) in [4.78, 5) is 12.1. The first-order chi connectivity index (χ1) is 9.20. The first-order valence-electron chi connectivity index (χ1n) is 6.15. The normalized spacial score (nSPS) is 22.9. The number of nitrogens with one attached hydrogen (secondary N) is 1. The van der Waals surface area contributed by atoms with Gasteiger partial charge in [0.15, 0.2) is 0 Å². The number of alkyl halides is 3. The summed E-state index contributed by atoms with van der Waals surface area (Å²) in [5.41, 5.74) is 5.83. The lowest BCUT2D eigenvalue weighted by atomic mass is 9.86. The van der Waals surface area contributed by atoms with Crippen LogP contribution in [0.1, 0.15) is 43.3 Å². The van der Waals surface area contributed by atoms with Gasteiger partial charge in [0.25, 0.3) is 0 Å². The molecule has 0 bridgehead atoms. The Kier molecular flexibility index (Phi) is 5.49.